The summed E-state index contributed by atoms with van der Waals surface area (Å²) in [6.07, 6.45) is 0. The molecule has 0 bridgehead atoms. The number of nitrogens with one attached hydrogen (secondary N) is 1. The fraction of sp³-hybridized carbons (Fsp3) is 0.625. The Balaban J connectivity index is 2.42. The van der Waals surface area contributed by atoms with E-state index >= 15 is 0 Å². The number of aryl methyl sites for hydroxylation is 2. The van der Waals surface area contributed by atoms with E-state index in [0.717, 1.165) is 19.6 Å². The number of hydrogen-bond acceptors (Lipinski definition) is 3. The Kier molecular flexibility index (Phi) is 4.16. The summed E-state index contributed by atoms with van der Waals surface area (Å²) in [4.78, 5) is 2.39. The zero-order valence-corrected chi connectivity index (χ0v) is 12.5. The van der Waals surface area contributed by atoms with Crippen LogP contribution in [0.4, 0.5) is 5.69 Å². The number of nitrogens with zero attached hydrogens (tertiary/aromatic N) is 1. The van der Waals surface area contributed by atoms with Crippen LogP contribution in [0.25, 0.3) is 0 Å². The highest BCUT2D eigenvalue weighted by Crippen LogP contribution is 2.31. The molecule has 1 aliphatic heterocycles. The lowest BCUT2D eigenvalue weighted by molar-refractivity contribution is 0.258. The van der Waals surface area contributed by atoms with E-state index in [9.17, 15) is 5.11 Å². The van der Waals surface area contributed by atoms with Crippen molar-refractivity contribution in [3.8, 4) is 0 Å². The maximum absolute atomic E-state index is 9.72. The molecule has 2 rings (SSSR count). The van der Waals surface area contributed by atoms with Crippen molar-refractivity contribution in [2.75, 3.05) is 31.1 Å². The molecule has 0 saturated carbocycles. The molecule has 106 valence electrons. The second-order valence-corrected chi connectivity index (χ2v) is 6.50. The standard InChI is InChI=1S/C16H26N2O/c1-12-6-5-7-13(2)15(12)18-11-16(3,4)10-17-8-14(18)9-19/h5-7,14,17,19H,8-11H2,1-4H3. The van der Waals surface area contributed by atoms with Crippen LogP contribution in [0.5, 0.6) is 0 Å². The number of rotatable bonds is 2. The molecule has 1 aromatic carbocycles. The van der Waals surface area contributed by atoms with Gasteiger partial charge in [0.15, 0.2) is 0 Å². The molecule has 3 nitrogen and oxygen atoms in total. The molecule has 1 heterocycles. The van der Waals surface area contributed by atoms with E-state index in [2.05, 4.69) is 56.1 Å². The van der Waals surface area contributed by atoms with Crippen LogP contribution in [0.3, 0.4) is 0 Å². The van der Waals surface area contributed by atoms with E-state index in [-0.39, 0.29) is 18.1 Å². The highest BCUT2D eigenvalue weighted by atomic mass is 16.3. The Hall–Kier alpha value is -1.06. The second kappa shape index (κ2) is 5.51. The van der Waals surface area contributed by atoms with Gasteiger partial charge in [0.25, 0.3) is 0 Å². The van der Waals surface area contributed by atoms with Gasteiger partial charge in [-0.2, -0.15) is 0 Å². The van der Waals surface area contributed by atoms with Crippen LogP contribution in [0, 0.1) is 19.3 Å². The smallest absolute Gasteiger partial charge is 0.0647 e. The number of benzene rings is 1. The van der Waals surface area contributed by atoms with Crippen molar-refractivity contribution in [2.45, 2.75) is 33.7 Å². The van der Waals surface area contributed by atoms with Crippen molar-refractivity contribution in [2.24, 2.45) is 5.41 Å². The first-order valence-electron chi connectivity index (χ1n) is 7.09. The van der Waals surface area contributed by atoms with Gasteiger partial charge in [-0.3, -0.25) is 0 Å². The van der Waals surface area contributed by atoms with Gasteiger partial charge in [0, 0.05) is 25.3 Å². The quantitative estimate of drug-likeness (QED) is 0.857. The van der Waals surface area contributed by atoms with Crippen molar-refractivity contribution in [3.05, 3.63) is 29.3 Å². The Bertz CT molecular complexity index is 422. The lowest BCUT2D eigenvalue weighted by atomic mass is 9.92. The normalized spacial score (nSPS) is 23.2. The molecule has 0 spiro atoms. The number of aliphatic hydroxyl groups is 1. The SMILES string of the molecule is Cc1cccc(C)c1N1CC(C)(C)CNCC1CO. The molecule has 0 amide bonds. The van der Waals surface area contributed by atoms with Crippen LogP contribution in [0.2, 0.25) is 0 Å². The predicted molar refractivity (Wildman–Crippen MR) is 80.8 cm³/mol. The van der Waals surface area contributed by atoms with Crippen LogP contribution in [-0.4, -0.2) is 37.4 Å². The first-order chi connectivity index (χ1) is 8.94. The summed E-state index contributed by atoms with van der Waals surface area (Å²) in [5, 5.41) is 13.2. The zero-order chi connectivity index (χ0) is 14.0. The minimum atomic E-state index is 0.154. The van der Waals surface area contributed by atoms with Crippen molar-refractivity contribution >= 4 is 5.69 Å². The fourth-order valence-electron chi connectivity index (χ4n) is 3.02. The number of anilines is 1. The summed E-state index contributed by atoms with van der Waals surface area (Å²) in [6, 6.07) is 6.56. The number of aliphatic hydroxyl groups excluding tert-OH is 1. The van der Waals surface area contributed by atoms with Crippen LogP contribution in [-0.2, 0) is 0 Å². The van der Waals surface area contributed by atoms with Gasteiger partial charge in [-0.25, -0.2) is 0 Å². The number of para-hydroxylation sites is 1. The maximum Gasteiger partial charge on any atom is 0.0647 e. The Labute approximate surface area is 116 Å². The van der Waals surface area contributed by atoms with Gasteiger partial charge >= 0.3 is 0 Å². The molecule has 19 heavy (non-hydrogen) atoms. The molecular weight excluding hydrogens is 236 g/mol. The third kappa shape index (κ3) is 3.10. The average Bonchev–Trinajstić information content (AvgIpc) is 2.47. The van der Waals surface area contributed by atoms with Crippen molar-refractivity contribution in [3.63, 3.8) is 0 Å². The first-order valence-corrected chi connectivity index (χ1v) is 7.09. The summed E-state index contributed by atoms with van der Waals surface area (Å²) < 4.78 is 0. The van der Waals surface area contributed by atoms with Crippen LogP contribution in [0.15, 0.2) is 18.2 Å². The first kappa shape index (κ1) is 14.4. The molecule has 2 N–H and O–H groups in total. The topological polar surface area (TPSA) is 35.5 Å². The minimum absolute atomic E-state index is 0.154. The molecule has 3 heteroatoms. The summed E-state index contributed by atoms with van der Waals surface area (Å²) in [5.41, 5.74) is 4.07. The van der Waals surface area contributed by atoms with Crippen LogP contribution < -0.4 is 10.2 Å². The molecule has 1 aliphatic rings. The van der Waals surface area contributed by atoms with E-state index in [0.29, 0.717) is 0 Å². The third-order valence-electron chi connectivity index (χ3n) is 3.96. The van der Waals surface area contributed by atoms with E-state index in [1.165, 1.54) is 16.8 Å². The van der Waals surface area contributed by atoms with Crippen LogP contribution >= 0.6 is 0 Å². The minimum Gasteiger partial charge on any atom is -0.394 e. The summed E-state index contributed by atoms with van der Waals surface area (Å²) in [6.45, 7) is 11.9. The highest BCUT2D eigenvalue weighted by Gasteiger charge is 2.31. The van der Waals surface area contributed by atoms with Gasteiger partial charge < -0.3 is 15.3 Å². The van der Waals surface area contributed by atoms with Crippen molar-refractivity contribution in [1.82, 2.24) is 5.32 Å². The largest absolute Gasteiger partial charge is 0.394 e. The molecule has 0 aliphatic carbocycles. The van der Waals surface area contributed by atoms with Gasteiger partial charge in [0.1, 0.15) is 0 Å². The zero-order valence-electron chi connectivity index (χ0n) is 12.5. The maximum atomic E-state index is 9.72. The summed E-state index contributed by atoms with van der Waals surface area (Å²) in [5.74, 6) is 0. The lowest BCUT2D eigenvalue weighted by Gasteiger charge is -2.37. The monoisotopic (exact) mass is 262 g/mol. The van der Waals surface area contributed by atoms with Crippen molar-refractivity contribution < 1.29 is 5.11 Å². The van der Waals surface area contributed by atoms with E-state index in [4.69, 9.17) is 0 Å². The second-order valence-electron chi connectivity index (χ2n) is 6.50. The molecule has 0 aromatic heterocycles. The van der Waals surface area contributed by atoms with E-state index in [1.807, 2.05) is 0 Å². The molecular formula is C16H26N2O. The molecule has 1 atom stereocenters. The average molecular weight is 262 g/mol. The Morgan fingerprint density at radius 2 is 1.95 bits per heavy atom. The molecule has 1 fully saturated rings. The van der Waals surface area contributed by atoms with Gasteiger partial charge in [-0.15, -0.1) is 0 Å². The lowest BCUT2D eigenvalue weighted by Crippen LogP contribution is -2.44. The molecule has 1 saturated heterocycles. The van der Waals surface area contributed by atoms with E-state index < -0.39 is 0 Å². The Morgan fingerprint density at radius 1 is 1.32 bits per heavy atom. The molecule has 1 unspecified atom stereocenters. The van der Waals surface area contributed by atoms with Gasteiger partial charge in [-0.05, 0) is 30.4 Å². The summed E-state index contributed by atoms with van der Waals surface area (Å²) in [7, 11) is 0. The van der Waals surface area contributed by atoms with E-state index in [1.54, 1.807) is 0 Å². The van der Waals surface area contributed by atoms with Crippen molar-refractivity contribution in [1.29, 1.82) is 0 Å². The molecule has 0 radical (unpaired) electrons. The summed E-state index contributed by atoms with van der Waals surface area (Å²) >= 11 is 0. The van der Waals surface area contributed by atoms with Crippen LogP contribution in [0.1, 0.15) is 25.0 Å². The third-order valence-corrected chi connectivity index (χ3v) is 3.96. The Morgan fingerprint density at radius 3 is 2.53 bits per heavy atom. The van der Waals surface area contributed by atoms with Gasteiger partial charge in [-0.1, -0.05) is 32.0 Å². The highest BCUT2D eigenvalue weighted by molar-refractivity contribution is 5.60. The number of hydrogen-bond donors (Lipinski definition) is 2. The predicted octanol–water partition coefficient (Wildman–Crippen LogP) is 2.10. The fourth-order valence-corrected chi connectivity index (χ4v) is 3.02. The van der Waals surface area contributed by atoms with Gasteiger partial charge in [0.05, 0.1) is 12.6 Å². The van der Waals surface area contributed by atoms with Gasteiger partial charge in [0.2, 0.25) is 0 Å². The molecule has 1 aromatic rings.